The number of hydrogen-bond acceptors (Lipinski definition) is 5. The van der Waals surface area contributed by atoms with Gasteiger partial charge in [0.05, 0.1) is 15.3 Å². The van der Waals surface area contributed by atoms with Crippen LogP contribution in [0.3, 0.4) is 0 Å². The van der Waals surface area contributed by atoms with E-state index in [2.05, 4.69) is 15.9 Å². The highest BCUT2D eigenvalue weighted by molar-refractivity contribution is 9.11. The quantitative estimate of drug-likeness (QED) is 0.715. The number of hydrogen-bond donors (Lipinski definition) is 0. The minimum atomic E-state index is -3.63. The molecule has 0 bridgehead atoms. The Hall–Kier alpha value is 0.0400. The average molecular weight is 416 g/mol. The molecule has 0 saturated carbocycles. The second kappa shape index (κ2) is 6.66. The molecule has 2 heterocycles. The van der Waals surface area contributed by atoms with Crippen molar-refractivity contribution in [2.45, 2.75) is 36.4 Å². The summed E-state index contributed by atoms with van der Waals surface area (Å²) in [6, 6.07) is 2.82. The van der Waals surface area contributed by atoms with Crippen molar-refractivity contribution in [2.24, 2.45) is 0 Å². The number of sulfone groups is 1. The molecule has 1 saturated heterocycles. The number of sulfonamides is 1. The first-order valence-electron chi connectivity index (χ1n) is 6.74. The molecule has 1 unspecified atom stereocenters. The van der Waals surface area contributed by atoms with Gasteiger partial charge in [0, 0.05) is 12.6 Å². The van der Waals surface area contributed by atoms with Gasteiger partial charge in [0.2, 0.25) is 0 Å². The van der Waals surface area contributed by atoms with Crippen LogP contribution in [0.5, 0.6) is 0 Å². The van der Waals surface area contributed by atoms with Crippen molar-refractivity contribution in [3.63, 3.8) is 0 Å². The Morgan fingerprint density at radius 1 is 1.43 bits per heavy atom. The molecule has 21 heavy (non-hydrogen) atoms. The summed E-state index contributed by atoms with van der Waals surface area (Å²) in [5, 5.41) is 0. The fourth-order valence-electron chi connectivity index (χ4n) is 2.37. The lowest BCUT2D eigenvalue weighted by Crippen LogP contribution is -2.41. The van der Waals surface area contributed by atoms with Crippen molar-refractivity contribution in [1.82, 2.24) is 4.31 Å². The third-order valence-electron chi connectivity index (χ3n) is 3.46. The molecular weight excluding hydrogens is 398 g/mol. The molecule has 9 heteroatoms. The molecule has 5 nitrogen and oxygen atoms in total. The normalized spacial score (nSPS) is 22.0. The molecule has 0 N–H and O–H groups in total. The van der Waals surface area contributed by atoms with Gasteiger partial charge in [-0.25, -0.2) is 16.8 Å². The van der Waals surface area contributed by atoms with Crippen LogP contribution in [0.1, 0.15) is 26.2 Å². The van der Waals surface area contributed by atoms with E-state index in [4.69, 9.17) is 0 Å². The van der Waals surface area contributed by atoms with Gasteiger partial charge in [0.1, 0.15) is 4.21 Å². The minimum absolute atomic E-state index is 0.0670. The predicted molar refractivity (Wildman–Crippen MR) is 87.9 cm³/mol. The van der Waals surface area contributed by atoms with Crippen molar-refractivity contribution < 1.29 is 16.8 Å². The molecule has 1 atom stereocenters. The Morgan fingerprint density at radius 2 is 2.14 bits per heavy atom. The molecule has 1 aromatic heterocycles. The topological polar surface area (TPSA) is 71.5 Å². The highest BCUT2D eigenvalue weighted by Crippen LogP contribution is 2.31. The van der Waals surface area contributed by atoms with E-state index in [-0.39, 0.29) is 15.7 Å². The van der Waals surface area contributed by atoms with E-state index in [1.54, 1.807) is 12.1 Å². The zero-order valence-electron chi connectivity index (χ0n) is 11.7. The summed E-state index contributed by atoms with van der Waals surface area (Å²) >= 11 is 4.42. The van der Waals surface area contributed by atoms with Crippen LogP contribution in [0.2, 0.25) is 0 Å². The number of nitrogens with zero attached hydrogens (tertiary/aromatic N) is 1. The van der Waals surface area contributed by atoms with Crippen molar-refractivity contribution in [3.8, 4) is 0 Å². The van der Waals surface area contributed by atoms with Crippen LogP contribution in [-0.4, -0.2) is 45.2 Å². The Morgan fingerprint density at radius 3 is 2.62 bits per heavy atom. The Balaban J connectivity index is 2.31. The number of thiophene rings is 1. The number of unbranched alkanes of at least 4 members (excludes halogenated alkanes) is 1. The van der Waals surface area contributed by atoms with Crippen LogP contribution in [-0.2, 0) is 19.9 Å². The van der Waals surface area contributed by atoms with Crippen LogP contribution in [0.15, 0.2) is 20.1 Å². The lowest BCUT2D eigenvalue weighted by atomic mass is 10.2. The summed E-state index contributed by atoms with van der Waals surface area (Å²) in [7, 11) is -6.74. The molecule has 0 amide bonds. The summed E-state index contributed by atoms with van der Waals surface area (Å²) in [5.74, 6) is 0.00638. The number of halogens is 1. The van der Waals surface area contributed by atoms with Crippen LogP contribution in [0.25, 0.3) is 0 Å². The van der Waals surface area contributed by atoms with Crippen LogP contribution >= 0.6 is 27.3 Å². The van der Waals surface area contributed by atoms with Gasteiger partial charge in [0.15, 0.2) is 9.84 Å². The second-order valence-electron chi connectivity index (χ2n) is 5.08. The molecule has 120 valence electrons. The van der Waals surface area contributed by atoms with Gasteiger partial charge in [0.25, 0.3) is 10.0 Å². The third kappa shape index (κ3) is 4.07. The highest BCUT2D eigenvalue weighted by atomic mass is 79.9. The Bertz CT molecular complexity index is 696. The molecular formula is C12H18BrNO4S3. The molecule has 0 aliphatic carbocycles. The first kappa shape index (κ1) is 17.4. The maximum atomic E-state index is 12.8. The molecule has 1 aliphatic rings. The standard InChI is InChI=1S/C12H18BrNO4S3/c1-2-3-7-14(10-6-8-20(15,16)9-10)21(17,18)12-5-4-11(13)19-12/h4-5,10H,2-3,6-9H2,1H3. The first-order valence-corrected chi connectivity index (χ1v) is 11.6. The van der Waals surface area contributed by atoms with E-state index in [1.165, 1.54) is 4.31 Å². The van der Waals surface area contributed by atoms with E-state index in [0.717, 1.165) is 28.0 Å². The summed E-state index contributed by atoms with van der Waals surface area (Å²) < 4.78 is 51.3. The highest BCUT2D eigenvalue weighted by Gasteiger charge is 2.38. The maximum Gasteiger partial charge on any atom is 0.252 e. The summed E-state index contributed by atoms with van der Waals surface area (Å²) in [6.45, 7) is 2.35. The van der Waals surface area contributed by atoms with E-state index in [0.29, 0.717) is 13.0 Å². The van der Waals surface area contributed by atoms with Crippen LogP contribution in [0.4, 0.5) is 0 Å². The van der Waals surface area contributed by atoms with E-state index < -0.39 is 25.9 Å². The van der Waals surface area contributed by atoms with E-state index in [1.807, 2.05) is 6.92 Å². The molecule has 1 aliphatic heterocycles. The number of rotatable bonds is 6. The van der Waals surface area contributed by atoms with Crippen molar-refractivity contribution in [2.75, 3.05) is 18.1 Å². The fraction of sp³-hybridized carbons (Fsp3) is 0.667. The molecule has 0 spiro atoms. The largest absolute Gasteiger partial charge is 0.252 e. The van der Waals surface area contributed by atoms with Crippen molar-refractivity contribution >= 4 is 47.1 Å². The van der Waals surface area contributed by atoms with Gasteiger partial charge in [-0.15, -0.1) is 11.3 Å². The van der Waals surface area contributed by atoms with Crippen molar-refractivity contribution in [1.29, 1.82) is 0 Å². The summed E-state index contributed by atoms with van der Waals surface area (Å²) in [6.07, 6.45) is 1.97. The van der Waals surface area contributed by atoms with Crippen LogP contribution < -0.4 is 0 Å². The fourth-order valence-corrected chi connectivity index (χ4v) is 8.02. The SMILES string of the molecule is CCCCN(C1CCS(=O)(=O)C1)S(=O)(=O)c1ccc(Br)s1. The lowest BCUT2D eigenvalue weighted by molar-refractivity contribution is 0.336. The van der Waals surface area contributed by atoms with Gasteiger partial charge < -0.3 is 0 Å². The molecule has 2 rings (SSSR count). The molecule has 1 aromatic rings. The zero-order valence-corrected chi connectivity index (χ0v) is 15.7. The summed E-state index contributed by atoms with van der Waals surface area (Å²) in [5.41, 5.74) is 0. The monoisotopic (exact) mass is 415 g/mol. The van der Waals surface area contributed by atoms with Gasteiger partial charge >= 0.3 is 0 Å². The summed E-state index contributed by atoms with van der Waals surface area (Å²) in [4.78, 5) is 0. The Labute approximate surface area is 138 Å². The lowest BCUT2D eigenvalue weighted by Gasteiger charge is -2.26. The molecule has 0 aromatic carbocycles. The predicted octanol–water partition coefficient (Wildman–Crippen LogP) is 2.49. The van der Waals surface area contributed by atoms with Gasteiger partial charge in [-0.1, -0.05) is 13.3 Å². The molecule has 1 fully saturated rings. The first-order chi connectivity index (χ1) is 9.76. The maximum absolute atomic E-state index is 12.8. The zero-order chi connectivity index (χ0) is 15.7. The second-order valence-corrected chi connectivity index (χ2v) is 11.9. The van der Waals surface area contributed by atoms with Crippen LogP contribution in [0, 0.1) is 0 Å². The van der Waals surface area contributed by atoms with E-state index in [9.17, 15) is 16.8 Å². The van der Waals surface area contributed by atoms with E-state index >= 15 is 0 Å². The van der Waals surface area contributed by atoms with Gasteiger partial charge in [-0.2, -0.15) is 4.31 Å². The molecule has 0 radical (unpaired) electrons. The van der Waals surface area contributed by atoms with Crippen molar-refractivity contribution in [3.05, 3.63) is 15.9 Å². The van der Waals surface area contributed by atoms with Gasteiger partial charge in [-0.3, -0.25) is 0 Å². The van der Waals surface area contributed by atoms with Gasteiger partial charge in [-0.05, 0) is 40.9 Å². The average Bonchev–Trinajstić information content (AvgIpc) is 2.96. The third-order valence-corrected chi connectivity index (χ3v) is 9.25. The minimum Gasteiger partial charge on any atom is -0.229 e. The Kier molecular flexibility index (Phi) is 5.51. The smallest absolute Gasteiger partial charge is 0.229 e.